The number of ether oxygens (including phenoxy) is 1. The van der Waals surface area contributed by atoms with Gasteiger partial charge in [-0.3, -0.25) is 9.59 Å². The van der Waals surface area contributed by atoms with E-state index in [1.54, 1.807) is 18.3 Å². The van der Waals surface area contributed by atoms with Gasteiger partial charge in [0.1, 0.15) is 6.54 Å². The summed E-state index contributed by atoms with van der Waals surface area (Å²) in [7, 11) is 0. The summed E-state index contributed by atoms with van der Waals surface area (Å²) in [5.41, 5.74) is -0.250. The molecule has 0 radical (unpaired) electrons. The minimum absolute atomic E-state index is 0.0730. The maximum atomic E-state index is 12.2. The maximum absolute atomic E-state index is 12.2. The van der Waals surface area contributed by atoms with Crippen LogP contribution in [0.15, 0.2) is 35.3 Å². The van der Waals surface area contributed by atoms with Gasteiger partial charge >= 0.3 is 0 Å². The van der Waals surface area contributed by atoms with Crippen molar-refractivity contribution in [1.29, 1.82) is 0 Å². The summed E-state index contributed by atoms with van der Waals surface area (Å²) < 4.78 is 6.62. The van der Waals surface area contributed by atoms with Crippen LogP contribution in [0.1, 0.15) is 12.8 Å². The molecule has 1 aliphatic rings. The van der Waals surface area contributed by atoms with Crippen LogP contribution < -0.4 is 10.9 Å². The highest BCUT2D eigenvalue weighted by atomic mass is 16.5. The van der Waals surface area contributed by atoms with Crippen molar-refractivity contribution < 1.29 is 9.53 Å². The van der Waals surface area contributed by atoms with Crippen molar-refractivity contribution in [1.82, 2.24) is 15.1 Å². The molecule has 1 N–H and O–H groups in total. The number of amides is 1. The molecular weight excluding hydrogens is 270 g/mol. The Balaban J connectivity index is 1.68. The first-order chi connectivity index (χ1) is 10.2. The third-order valence-electron chi connectivity index (χ3n) is 3.61. The molecule has 6 heteroatoms. The van der Waals surface area contributed by atoms with E-state index in [4.69, 9.17) is 4.74 Å². The second kappa shape index (κ2) is 6.05. The molecule has 1 saturated heterocycles. The third-order valence-corrected chi connectivity index (χ3v) is 3.61. The lowest BCUT2D eigenvalue weighted by Gasteiger charge is -2.11. The Labute approximate surface area is 121 Å². The van der Waals surface area contributed by atoms with Gasteiger partial charge < -0.3 is 10.1 Å². The molecule has 1 aliphatic heterocycles. The monoisotopic (exact) mass is 287 g/mol. The van der Waals surface area contributed by atoms with Gasteiger partial charge in [0.25, 0.3) is 5.56 Å². The Kier molecular flexibility index (Phi) is 3.96. The summed E-state index contributed by atoms with van der Waals surface area (Å²) in [6.07, 6.45) is 3.69. The average molecular weight is 287 g/mol. The van der Waals surface area contributed by atoms with E-state index in [1.165, 1.54) is 4.68 Å². The molecule has 1 amide bonds. The maximum Gasteiger partial charge on any atom is 0.275 e. The minimum Gasteiger partial charge on any atom is -0.376 e. The Morgan fingerprint density at radius 2 is 2.29 bits per heavy atom. The van der Waals surface area contributed by atoms with E-state index in [0.29, 0.717) is 11.9 Å². The van der Waals surface area contributed by atoms with E-state index in [2.05, 4.69) is 10.4 Å². The number of rotatable bonds is 4. The molecule has 3 rings (SSSR count). The zero-order chi connectivity index (χ0) is 14.7. The molecule has 110 valence electrons. The van der Waals surface area contributed by atoms with E-state index in [-0.39, 0.29) is 24.1 Å². The highest BCUT2D eigenvalue weighted by Gasteiger charge is 2.16. The molecule has 6 nitrogen and oxygen atoms in total. The van der Waals surface area contributed by atoms with Gasteiger partial charge in [-0.05, 0) is 18.9 Å². The molecule has 1 aromatic heterocycles. The molecular formula is C15H17N3O3. The number of hydrogen-bond donors (Lipinski definition) is 1. The first-order valence-electron chi connectivity index (χ1n) is 7.07. The summed E-state index contributed by atoms with van der Waals surface area (Å²) in [5.74, 6) is -0.226. The minimum atomic E-state index is -0.250. The smallest absolute Gasteiger partial charge is 0.275 e. The fraction of sp³-hybridized carbons (Fsp3) is 0.400. The van der Waals surface area contributed by atoms with Crippen LogP contribution in [0.3, 0.4) is 0 Å². The zero-order valence-electron chi connectivity index (χ0n) is 11.6. The molecule has 1 atom stereocenters. The second-order valence-electron chi connectivity index (χ2n) is 5.13. The Bertz CT molecular complexity index is 705. The summed E-state index contributed by atoms with van der Waals surface area (Å²) in [5, 5.41) is 8.17. The molecule has 0 bridgehead atoms. The van der Waals surface area contributed by atoms with E-state index < -0.39 is 0 Å². The van der Waals surface area contributed by atoms with Gasteiger partial charge in [-0.15, -0.1) is 0 Å². The number of carbonyl (C=O) groups is 1. The van der Waals surface area contributed by atoms with Crippen LogP contribution in [0.4, 0.5) is 0 Å². The standard InChI is InChI=1S/C15H17N3O3/c19-14(16-9-12-5-3-7-21-12)10-18-15(20)13-6-2-1-4-11(13)8-17-18/h1-2,4,6,8,12H,3,5,7,9-10H2,(H,16,19)/t12-/m0/s1. The number of carbonyl (C=O) groups excluding carboxylic acids is 1. The van der Waals surface area contributed by atoms with Crippen molar-refractivity contribution in [3.8, 4) is 0 Å². The molecule has 0 spiro atoms. The number of hydrogen-bond acceptors (Lipinski definition) is 4. The number of nitrogens with one attached hydrogen (secondary N) is 1. The average Bonchev–Trinajstić information content (AvgIpc) is 3.02. The highest BCUT2D eigenvalue weighted by Crippen LogP contribution is 2.10. The molecule has 0 saturated carbocycles. The first kappa shape index (κ1) is 13.8. The van der Waals surface area contributed by atoms with Gasteiger partial charge in [0.05, 0.1) is 17.7 Å². The van der Waals surface area contributed by atoms with E-state index in [1.807, 2.05) is 12.1 Å². The lowest BCUT2D eigenvalue weighted by molar-refractivity contribution is -0.122. The van der Waals surface area contributed by atoms with Crippen molar-refractivity contribution >= 4 is 16.7 Å². The molecule has 2 aromatic rings. The van der Waals surface area contributed by atoms with Gasteiger partial charge in [0.15, 0.2) is 0 Å². The summed E-state index contributed by atoms with van der Waals surface area (Å²) in [4.78, 5) is 24.1. The van der Waals surface area contributed by atoms with Crippen LogP contribution >= 0.6 is 0 Å². The molecule has 21 heavy (non-hydrogen) atoms. The lowest BCUT2D eigenvalue weighted by Crippen LogP contribution is -2.37. The van der Waals surface area contributed by atoms with Crippen molar-refractivity contribution in [2.45, 2.75) is 25.5 Å². The topological polar surface area (TPSA) is 73.2 Å². The first-order valence-corrected chi connectivity index (χ1v) is 7.07. The summed E-state index contributed by atoms with van der Waals surface area (Å²) in [6, 6.07) is 7.21. The number of fused-ring (bicyclic) bond motifs is 1. The van der Waals surface area contributed by atoms with Crippen molar-refractivity contribution in [2.24, 2.45) is 0 Å². The van der Waals surface area contributed by atoms with Gasteiger partial charge in [-0.2, -0.15) is 5.10 Å². The predicted octanol–water partition coefficient (Wildman–Crippen LogP) is 0.692. The molecule has 1 fully saturated rings. The van der Waals surface area contributed by atoms with Crippen LogP contribution in [-0.4, -0.2) is 34.9 Å². The largest absolute Gasteiger partial charge is 0.376 e. The fourth-order valence-corrected chi connectivity index (χ4v) is 2.47. The quantitative estimate of drug-likeness (QED) is 0.898. The fourth-order valence-electron chi connectivity index (χ4n) is 2.47. The van der Waals surface area contributed by atoms with Crippen LogP contribution in [0.2, 0.25) is 0 Å². The van der Waals surface area contributed by atoms with E-state index in [0.717, 1.165) is 24.8 Å². The number of nitrogens with zero attached hydrogens (tertiary/aromatic N) is 2. The third kappa shape index (κ3) is 3.11. The predicted molar refractivity (Wildman–Crippen MR) is 78.0 cm³/mol. The van der Waals surface area contributed by atoms with E-state index in [9.17, 15) is 9.59 Å². The second-order valence-corrected chi connectivity index (χ2v) is 5.13. The SMILES string of the molecule is O=C(Cn1ncc2ccccc2c1=O)NC[C@@H]1CCCO1. The normalized spacial score (nSPS) is 18.0. The lowest BCUT2D eigenvalue weighted by atomic mass is 10.2. The van der Waals surface area contributed by atoms with Crippen molar-refractivity contribution in [2.75, 3.05) is 13.2 Å². The molecule has 0 aliphatic carbocycles. The molecule has 2 heterocycles. The van der Waals surface area contributed by atoms with Gasteiger partial charge in [0.2, 0.25) is 5.91 Å². The molecule has 1 aromatic carbocycles. The summed E-state index contributed by atoms with van der Waals surface area (Å²) >= 11 is 0. The molecule has 0 unspecified atom stereocenters. The Morgan fingerprint density at radius 1 is 1.43 bits per heavy atom. The van der Waals surface area contributed by atoms with Crippen molar-refractivity contribution in [3.63, 3.8) is 0 Å². The number of aromatic nitrogens is 2. The van der Waals surface area contributed by atoms with Crippen LogP contribution in [-0.2, 0) is 16.1 Å². The van der Waals surface area contributed by atoms with Gasteiger partial charge in [-0.25, -0.2) is 4.68 Å². The highest BCUT2D eigenvalue weighted by molar-refractivity contribution is 5.81. The van der Waals surface area contributed by atoms with E-state index >= 15 is 0 Å². The van der Waals surface area contributed by atoms with Gasteiger partial charge in [0, 0.05) is 18.5 Å². The Morgan fingerprint density at radius 3 is 3.10 bits per heavy atom. The van der Waals surface area contributed by atoms with Crippen LogP contribution in [0.5, 0.6) is 0 Å². The van der Waals surface area contributed by atoms with Crippen LogP contribution in [0.25, 0.3) is 10.8 Å². The Hall–Kier alpha value is -2.21. The van der Waals surface area contributed by atoms with Crippen molar-refractivity contribution in [3.05, 3.63) is 40.8 Å². The number of benzene rings is 1. The van der Waals surface area contributed by atoms with Gasteiger partial charge in [-0.1, -0.05) is 18.2 Å². The summed E-state index contributed by atoms with van der Waals surface area (Å²) in [6.45, 7) is 1.17. The zero-order valence-corrected chi connectivity index (χ0v) is 11.6. The van der Waals surface area contributed by atoms with Crippen LogP contribution in [0, 0.1) is 0 Å².